The first-order chi connectivity index (χ1) is 6.61. The molecule has 84 valence electrons. The van der Waals surface area contributed by atoms with E-state index in [9.17, 15) is 15.3 Å². The molecule has 1 aliphatic heterocycles. The van der Waals surface area contributed by atoms with Gasteiger partial charge >= 0.3 is 0 Å². The van der Waals surface area contributed by atoms with E-state index >= 15 is 0 Å². The van der Waals surface area contributed by atoms with Crippen LogP contribution >= 0.6 is 11.9 Å². The Morgan fingerprint density at radius 1 is 1.29 bits per heavy atom. The summed E-state index contributed by atoms with van der Waals surface area (Å²) in [6, 6.07) is -0.761. The molecule has 0 bridgehead atoms. The van der Waals surface area contributed by atoms with E-state index in [1.54, 1.807) is 6.26 Å². The van der Waals surface area contributed by atoms with Crippen LogP contribution < -0.4 is 4.72 Å². The third-order valence-corrected chi connectivity index (χ3v) is 2.66. The van der Waals surface area contributed by atoms with Gasteiger partial charge in [-0.25, -0.2) is 0 Å². The van der Waals surface area contributed by atoms with Crippen LogP contribution in [-0.2, 0) is 4.74 Å². The van der Waals surface area contributed by atoms with E-state index in [1.807, 2.05) is 0 Å². The minimum absolute atomic E-state index is 0.443. The summed E-state index contributed by atoms with van der Waals surface area (Å²) in [6.07, 6.45) is -2.82. The molecule has 0 spiro atoms. The second-order valence-electron chi connectivity index (χ2n) is 3.08. The first-order valence-corrected chi connectivity index (χ1v) is 5.43. The Labute approximate surface area is 86.0 Å². The predicted molar refractivity (Wildman–Crippen MR) is 50.4 cm³/mol. The first kappa shape index (κ1) is 12.2. The van der Waals surface area contributed by atoms with Crippen molar-refractivity contribution in [3.8, 4) is 0 Å². The average molecular weight is 225 g/mol. The van der Waals surface area contributed by atoms with E-state index in [0.29, 0.717) is 0 Å². The maximum atomic E-state index is 9.56. The summed E-state index contributed by atoms with van der Waals surface area (Å²) in [5.41, 5.74) is 0. The van der Waals surface area contributed by atoms with Crippen molar-refractivity contribution in [3.63, 3.8) is 0 Å². The largest absolute Gasteiger partial charge is 0.394 e. The monoisotopic (exact) mass is 225 g/mol. The lowest BCUT2D eigenvalue weighted by Gasteiger charge is -2.39. The lowest BCUT2D eigenvalue weighted by atomic mass is 9.98. The fraction of sp³-hybridized carbons (Fsp3) is 1.00. The standard InChI is InChI=1S/C7H15NO5S/c1-14-8-4-6(11)5(10)3(2-9)13-7(4)12/h3-12H,2H2,1H3/t3-,4-,5+,6-,7?/m1/s1. The molecule has 1 saturated heterocycles. The maximum Gasteiger partial charge on any atom is 0.174 e. The molecule has 0 aromatic heterocycles. The van der Waals surface area contributed by atoms with E-state index in [-0.39, 0.29) is 0 Å². The highest BCUT2D eigenvalue weighted by atomic mass is 32.2. The van der Waals surface area contributed by atoms with Crippen LogP contribution in [0, 0.1) is 0 Å². The minimum Gasteiger partial charge on any atom is -0.394 e. The molecule has 1 rings (SSSR count). The molecular formula is C7H15NO5S. The van der Waals surface area contributed by atoms with Crippen molar-refractivity contribution in [2.45, 2.75) is 30.6 Å². The van der Waals surface area contributed by atoms with Crippen LogP contribution in [0.5, 0.6) is 0 Å². The van der Waals surface area contributed by atoms with E-state index < -0.39 is 37.3 Å². The van der Waals surface area contributed by atoms with Gasteiger partial charge in [-0.3, -0.25) is 4.72 Å². The quantitative estimate of drug-likeness (QED) is 0.343. The lowest BCUT2D eigenvalue weighted by Crippen LogP contribution is -2.62. The van der Waals surface area contributed by atoms with E-state index in [4.69, 9.17) is 9.84 Å². The normalized spacial score (nSPS) is 43.9. The summed E-state index contributed by atoms with van der Waals surface area (Å²) < 4.78 is 7.61. The van der Waals surface area contributed by atoms with Crippen LogP contribution in [0.2, 0.25) is 0 Å². The Balaban J connectivity index is 2.63. The van der Waals surface area contributed by atoms with Gasteiger partial charge in [0.1, 0.15) is 18.3 Å². The van der Waals surface area contributed by atoms with Crippen LogP contribution in [-0.4, -0.2) is 63.9 Å². The molecule has 0 aromatic rings. The second-order valence-corrected chi connectivity index (χ2v) is 3.72. The molecule has 1 aliphatic rings. The average Bonchev–Trinajstić information content (AvgIpc) is 2.18. The zero-order valence-corrected chi connectivity index (χ0v) is 8.52. The zero-order chi connectivity index (χ0) is 10.7. The van der Waals surface area contributed by atoms with E-state index in [2.05, 4.69) is 4.72 Å². The Hall–Kier alpha value is 0.110. The summed E-state index contributed by atoms with van der Waals surface area (Å²) in [6.45, 7) is -0.443. The van der Waals surface area contributed by atoms with Crippen molar-refractivity contribution >= 4 is 11.9 Å². The molecule has 14 heavy (non-hydrogen) atoms. The SMILES string of the molecule is CSN[C@H]1C(O)O[C@H](CO)[C@H](O)[C@@H]1O. The van der Waals surface area contributed by atoms with Crippen molar-refractivity contribution in [1.29, 1.82) is 0 Å². The van der Waals surface area contributed by atoms with Gasteiger partial charge in [-0.05, 0) is 6.26 Å². The molecule has 0 saturated carbocycles. The van der Waals surface area contributed by atoms with Gasteiger partial charge in [0.05, 0.1) is 12.6 Å². The van der Waals surface area contributed by atoms with Crippen LogP contribution in [0.1, 0.15) is 0 Å². The molecule has 1 heterocycles. The summed E-state index contributed by atoms with van der Waals surface area (Å²) in [4.78, 5) is 0. The number of hydrogen-bond donors (Lipinski definition) is 5. The van der Waals surface area contributed by atoms with Gasteiger partial charge in [-0.1, -0.05) is 11.9 Å². The smallest absolute Gasteiger partial charge is 0.174 e. The molecule has 6 nitrogen and oxygen atoms in total. The van der Waals surface area contributed by atoms with Gasteiger partial charge in [-0.2, -0.15) is 0 Å². The third kappa shape index (κ3) is 2.37. The summed E-state index contributed by atoms with van der Waals surface area (Å²) >= 11 is 1.20. The molecule has 5 atom stereocenters. The highest BCUT2D eigenvalue weighted by Crippen LogP contribution is 2.20. The van der Waals surface area contributed by atoms with Gasteiger partial charge in [0.25, 0.3) is 0 Å². The molecule has 5 N–H and O–H groups in total. The molecule has 0 aliphatic carbocycles. The van der Waals surface area contributed by atoms with Crippen molar-refractivity contribution in [2.24, 2.45) is 0 Å². The van der Waals surface area contributed by atoms with Crippen molar-refractivity contribution in [1.82, 2.24) is 4.72 Å². The summed E-state index contributed by atoms with van der Waals surface area (Å²) in [5, 5.41) is 37.2. The Morgan fingerprint density at radius 3 is 2.43 bits per heavy atom. The van der Waals surface area contributed by atoms with E-state index in [1.165, 1.54) is 11.9 Å². The highest BCUT2D eigenvalue weighted by Gasteiger charge is 2.43. The molecule has 1 unspecified atom stereocenters. The first-order valence-electron chi connectivity index (χ1n) is 4.20. The number of aliphatic hydroxyl groups is 4. The number of ether oxygens (including phenoxy) is 1. The molecule has 0 aromatic carbocycles. The topological polar surface area (TPSA) is 102 Å². The van der Waals surface area contributed by atoms with Crippen molar-refractivity contribution in [3.05, 3.63) is 0 Å². The molecule has 0 amide bonds. The Kier molecular flexibility index (Phi) is 4.58. The van der Waals surface area contributed by atoms with Gasteiger partial charge in [0, 0.05) is 0 Å². The number of rotatable bonds is 3. The maximum absolute atomic E-state index is 9.56. The third-order valence-electron chi connectivity index (χ3n) is 2.15. The van der Waals surface area contributed by atoms with Crippen molar-refractivity contribution < 1.29 is 25.2 Å². The fourth-order valence-electron chi connectivity index (χ4n) is 1.36. The molecule has 1 fully saturated rings. The highest BCUT2D eigenvalue weighted by molar-refractivity contribution is 7.96. The minimum atomic E-state index is -1.24. The van der Waals surface area contributed by atoms with Gasteiger partial charge in [0.2, 0.25) is 0 Å². The summed E-state index contributed by atoms with van der Waals surface area (Å²) in [5.74, 6) is 0. The Morgan fingerprint density at radius 2 is 1.93 bits per heavy atom. The predicted octanol–water partition coefficient (Wildman–Crippen LogP) is -2.35. The zero-order valence-electron chi connectivity index (χ0n) is 7.70. The van der Waals surface area contributed by atoms with Gasteiger partial charge < -0.3 is 25.2 Å². The van der Waals surface area contributed by atoms with Crippen LogP contribution in [0.15, 0.2) is 0 Å². The number of nitrogens with one attached hydrogen (secondary N) is 1. The lowest BCUT2D eigenvalue weighted by molar-refractivity contribution is -0.251. The molecule has 7 heteroatoms. The second kappa shape index (κ2) is 5.26. The fourth-order valence-corrected chi connectivity index (χ4v) is 1.89. The van der Waals surface area contributed by atoms with Crippen LogP contribution in [0.4, 0.5) is 0 Å². The van der Waals surface area contributed by atoms with Gasteiger partial charge in [0.15, 0.2) is 6.29 Å². The number of aliphatic hydroxyl groups excluding tert-OH is 4. The van der Waals surface area contributed by atoms with Crippen LogP contribution in [0.25, 0.3) is 0 Å². The van der Waals surface area contributed by atoms with Crippen molar-refractivity contribution in [2.75, 3.05) is 12.9 Å². The molecular weight excluding hydrogens is 210 g/mol. The molecule has 0 radical (unpaired) electrons. The van der Waals surface area contributed by atoms with Gasteiger partial charge in [-0.15, -0.1) is 0 Å². The number of hydrogen-bond acceptors (Lipinski definition) is 7. The van der Waals surface area contributed by atoms with E-state index in [0.717, 1.165) is 0 Å². The Bertz CT molecular complexity index is 183. The summed E-state index contributed by atoms with van der Waals surface area (Å²) in [7, 11) is 0. The van der Waals surface area contributed by atoms with Crippen LogP contribution in [0.3, 0.4) is 0 Å².